The summed E-state index contributed by atoms with van der Waals surface area (Å²) in [6.07, 6.45) is 12.0. The van der Waals surface area contributed by atoms with Crippen LogP contribution in [-0.4, -0.2) is 18.8 Å². The molecular formula is C15H29O4P. The van der Waals surface area contributed by atoms with Gasteiger partial charge in [-0.05, 0) is 32.1 Å². The first-order chi connectivity index (χ1) is 9.72. The van der Waals surface area contributed by atoms with Crippen LogP contribution in [0.3, 0.4) is 0 Å². The Bertz CT molecular complexity index is 285. The van der Waals surface area contributed by atoms with Crippen LogP contribution in [0, 0.1) is 0 Å². The number of phosphoric acid groups is 1. The van der Waals surface area contributed by atoms with E-state index in [0.717, 1.165) is 57.8 Å². The van der Waals surface area contributed by atoms with Crippen molar-refractivity contribution < 1.29 is 18.1 Å². The fraction of sp³-hybridized carbons (Fsp3) is 1.00. The minimum Gasteiger partial charge on any atom is -0.287 e. The molecule has 0 atom stereocenters. The number of rotatable bonds is 7. The lowest BCUT2D eigenvalue weighted by molar-refractivity contribution is 0.0303. The average molecular weight is 304 g/mol. The molecule has 20 heavy (non-hydrogen) atoms. The van der Waals surface area contributed by atoms with E-state index in [-0.39, 0.29) is 12.2 Å². The third-order valence-electron chi connectivity index (χ3n) is 4.11. The van der Waals surface area contributed by atoms with Gasteiger partial charge in [-0.15, -0.1) is 0 Å². The largest absolute Gasteiger partial charge is 0.475 e. The summed E-state index contributed by atoms with van der Waals surface area (Å²) in [4.78, 5) is 0. The molecule has 0 aromatic rings. The van der Waals surface area contributed by atoms with Crippen molar-refractivity contribution in [1.29, 1.82) is 0 Å². The van der Waals surface area contributed by atoms with Crippen molar-refractivity contribution in [3.8, 4) is 0 Å². The van der Waals surface area contributed by atoms with Gasteiger partial charge < -0.3 is 0 Å². The van der Waals surface area contributed by atoms with E-state index < -0.39 is 7.82 Å². The van der Waals surface area contributed by atoms with Crippen LogP contribution in [0.15, 0.2) is 0 Å². The summed E-state index contributed by atoms with van der Waals surface area (Å²) in [6, 6.07) is 0. The SMILES string of the molecule is CCCOP(=O)(OC1CCCCC1)OC1CCCCC1. The molecule has 4 nitrogen and oxygen atoms in total. The summed E-state index contributed by atoms with van der Waals surface area (Å²) in [5, 5.41) is 0. The van der Waals surface area contributed by atoms with Crippen LogP contribution in [0.2, 0.25) is 0 Å². The lowest BCUT2D eigenvalue weighted by atomic mass is 9.98. The minimum atomic E-state index is -3.37. The van der Waals surface area contributed by atoms with Gasteiger partial charge in [0.05, 0.1) is 18.8 Å². The Morgan fingerprint density at radius 1 is 0.850 bits per heavy atom. The van der Waals surface area contributed by atoms with Crippen molar-refractivity contribution in [1.82, 2.24) is 0 Å². The van der Waals surface area contributed by atoms with Crippen LogP contribution in [0.25, 0.3) is 0 Å². The fourth-order valence-corrected chi connectivity index (χ4v) is 4.72. The van der Waals surface area contributed by atoms with Crippen molar-refractivity contribution >= 4 is 7.82 Å². The highest BCUT2D eigenvalue weighted by Gasteiger charge is 2.34. The molecule has 2 saturated carbocycles. The van der Waals surface area contributed by atoms with Crippen LogP contribution >= 0.6 is 7.82 Å². The highest BCUT2D eigenvalue weighted by molar-refractivity contribution is 7.48. The lowest BCUT2D eigenvalue weighted by Gasteiger charge is -2.30. The van der Waals surface area contributed by atoms with Gasteiger partial charge in [0.15, 0.2) is 0 Å². The molecule has 2 rings (SSSR count). The van der Waals surface area contributed by atoms with Gasteiger partial charge in [0, 0.05) is 0 Å². The van der Waals surface area contributed by atoms with Crippen LogP contribution < -0.4 is 0 Å². The predicted octanol–water partition coefficient (Wildman–Crippen LogP) is 5.22. The summed E-state index contributed by atoms with van der Waals surface area (Å²) in [6.45, 7) is 2.45. The second-order valence-corrected chi connectivity index (χ2v) is 7.59. The van der Waals surface area contributed by atoms with Crippen molar-refractivity contribution in [3.63, 3.8) is 0 Å². The first-order valence-corrected chi connectivity index (χ1v) is 9.79. The third-order valence-corrected chi connectivity index (χ3v) is 5.73. The van der Waals surface area contributed by atoms with Crippen molar-refractivity contribution in [2.24, 2.45) is 0 Å². The molecule has 5 heteroatoms. The highest BCUT2D eigenvalue weighted by Crippen LogP contribution is 2.54. The van der Waals surface area contributed by atoms with Gasteiger partial charge in [-0.1, -0.05) is 45.4 Å². The van der Waals surface area contributed by atoms with E-state index in [0.29, 0.717) is 6.61 Å². The van der Waals surface area contributed by atoms with Gasteiger partial charge in [0.25, 0.3) is 0 Å². The Morgan fingerprint density at radius 3 is 1.70 bits per heavy atom. The molecule has 0 aromatic carbocycles. The summed E-state index contributed by atoms with van der Waals surface area (Å²) < 4.78 is 29.9. The quantitative estimate of drug-likeness (QED) is 0.605. The van der Waals surface area contributed by atoms with Gasteiger partial charge in [-0.2, -0.15) is 0 Å². The fourth-order valence-electron chi connectivity index (χ4n) is 3.00. The van der Waals surface area contributed by atoms with E-state index >= 15 is 0 Å². The Balaban J connectivity index is 1.90. The summed E-state index contributed by atoms with van der Waals surface area (Å²) in [7, 11) is -3.37. The van der Waals surface area contributed by atoms with E-state index in [1.165, 1.54) is 12.8 Å². The normalized spacial score (nSPS) is 23.1. The maximum atomic E-state index is 12.8. The minimum absolute atomic E-state index is 0.0510. The molecule has 2 aliphatic carbocycles. The first kappa shape index (κ1) is 16.5. The van der Waals surface area contributed by atoms with Gasteiger partial charge in [0.2, 0.25) is 0 Å². The Labute approximate surface area is 123 Å². The van der Waals surface area contributed by atoms with Crippen LogP contribution in [0.1, 0.15) is 77.6 Å². The molecule has 0 N–H and O–H groups in total. The molecule has 0 radical (unpaired) electrons. The third kappa shape index (κ3) is 5.48. The number of phosphoric ester groups is 1. The zero-order valence-electron chi connectivity index (χ0n) is 12.7. The van der Waals surface area contributed by atoms with Crippen LogP contribution in [0.4, 0.5) is 0 Å². The van der Waals surface area contributed by atoms with E-state index in [4.69, 9.17) is 13.6 Å². The van der Waals surface area contributed by atoms with Crippen molar-refractivity contribution in [2.75, 3.05) is 6.61 Å². The van der Waals surface area contributed by atoms with Crippen LogP contribution in [-0.2, 0) is 18.1 Å². The second kappa shape index (κ2) is 8.53. The summed E-state index contributed by atoms with van der Waals surface area (Å²) in [5.41, 5.74) is 0. The predicted molar refractivity (Wildman–Crippen MR) is 79.8 cm³/mol. The highest BCUT2D eigenvalue weighted by atomic mass is 31.2. The molecule has 2 fully saturated rings. The van der Waals surface area contributed by atoms with E-state index in [2.05, 4.69) is 0 Å². The average Bonchev–Trinajstić information content (AvgIpc) is 2.47. The van der Waals surface area contributed by atoms with Crippen LogP contribution in [0.5, 0.6) is 0 Å². The van der Waals surface area contributed by atoms with Gasteiger partial charge in [-0.25, -0.2) is 4.57 Å². The Kier molecular flexibility index (Phi) is 7.03. The van der Waals surface area contributed by atoms with E-state index in [1.54, 1.807) is 0 Å². The smallest absolute Gasteiger partial charge is 0.287 e. The molecule has 0 bridgehead atoms. The molecule has 0 aromatic heterocycles. The second-order valence-electron chi connectivity index (χ2n) is 6.01. The van der Waals surface area contributed by atoms with E-state index in [1.807, 2.05) is 6.92 Å². The summed E-state index contributed by atoms with van der Waals surface area (Å²) >= 11 is 0. The topological polar surface area (TPSA) is 44.8 Å². The first-order valence-electron chi connectivity index (χ1n) is 8.33. The molecule has 0 spiro atoms. The number of hydrogen-bond acceptors (Lipinski definition) is 4. The van der Waals surface area contributed by atoms with Gasteiger partial charge in [-0.3, -0.25) is 13.6 Å². The van der Waals surface area contributed by atoms with Gasteiger partial charge in [0.1, 0.15) is 0 Å². The molecule has 0 unspecified atom stereocenters. The number of hydrogen-bond donors (Lipinski definition) is 0. The maximum absolute atomic E-state index is 12.8. The lowest BCUT2D eigenvalue weighted by Crippen LogP contribution is -2.21. The standard InChI is InChI=1S/C15H29O4P/c1-2-13-17-20(16,18-14-9-5-3-6-10-14)19-15-11-7-4-8-12-15/h14-15H,2-13H2,1H3. The molecule has 2 aliphatic rings. The maximum Gasteiger partial charge on any atom is 0.475 e. The van der Waals surface area contributed by atoms with Crippen molar-refractivity contribution in [2.45, 2.75) is 89.8 Å². The molecule has 0 saturated heterocycles. The van der Waals surface area contributed by atoms with Gasteiger partial charge >= 0.3 is 7.82 Å². The zero-order chi connectivity index (χ0) is 14.3. The monoisotopic (exact) mass is 304 g/mol. The zero-order valence-corrected chi connectivity index (χ0v) is 13.6. The molecule has 0 heterocycles. The molecule has 0 aliphatic heterocycles. The Morgan fingerprint density at radius 2 is 1.30 bits per heavy atom. The summed E-state index contributed by atoms with van der Waals surface area (Å²) in [5.74, 6) is 0. The van der Waals surface area contributed by atoms with E-state index in [9.17, 15) is 4.57 Å². The molecular weight excluding hydrogens is 275 g/mol. The molecule has 0 amide bonds. The molecule has 118 valence electrons. The Hall–Kier alpha value is 0.110. The van der Waals surface area contributed by atoms with Crippen molar-refractivity contribution in [3.05, 3.63) is 0 Å².